The molecule has 0 bridgehead atoms. The van der Waals surface area contributed by atoms with Crippen molar-refractivity contribution < 1.29 is 0 Å². The molecule has 0 aliphatic carbocycles. The lowest BCUT2D eigenvalue weighted by molar-refractivity contribution is 1.15. The molecule has 60 valence electrons. The summed E-state index contributed by atoms with van der Waals surface area (Å²) in [5, 5.41) is 0. The highest BCUT2D eigenvalue weighted by molar-refractivity contribution is 14.1. The first-order valence-corrected chi connectivity index (χ1v) is 6.16. The molecule has 0 radical (unpaired) electrons. The molecule has 0 saturated heterocycles. The molecule has 0 heterocycles. The predicted octanol–water partition coefficient (Wildman–Crippen LogP) is 3.58. The normalized spacial score (nSPS) is 10.1. The SMILES string of the molecule is Cc1cccc(CCI)c1I. The molecular weight excluding hydrogens is 362 g/mol. The standard InChI is InChI=1S/C9H10I2/c1-7-3-2-4-8(5-6-10)9(7)11/h2-4H,5-6H2,1H3. The van der Waals surface area contributed by atoms with Crippen LogP contribution in [0.1, 0.15) is 11.1 Å². The van der Waals surface area contributed by atoms with E-state index >= 15 is 0 Å². The Hall–Kier alpha value is 0.680. The van der Waals surface area contributed by atoms with Crippen molar-refractivity contribution in [2.75, 3.05) is 4.43 Å². The van der Waals surface area contributed by atoms with Crippen LogP contribution < -0.4 is 0 Å². The molecule has 0 spiro atoms. The van der Waals surface area contributed by atoms with E-state index in [4.69, 9.17) is 0 Å². The summed E-state index contributed by atoms with van der Waals surface area (Å²) in [4.78, 5) is 0. The second kappa shape index (κ2) is 4.64. The zero-order valence-electron chi connectivity index (χ0n) is 6.40. The largest absolute Gasteiger partial charge is 0.0860 e. The summed E-state index contributed by atoms with van der Waals surface area (Å²) >= 11 is 4.84. The van der Waals surface area contributed by atoms with E-state index in [2.05, 4.69) is 70.3 Å². The van der Waals surface area contributed by atoms with Gasteiger partial charge < -0.3 is 0 Å². The van der Waals surface area contributed by atoms with Crippen LogP contribution in [0.25, 0.3) is 0 Å². The molecule has 0 unspecified atom stereocenters. The van der Waals surface area contributed by atoms with Crippen molar-refractivity contribution in [2.45, 2.75) is 13.3 Å². The van der Waals surface area contributed by atoms with Crippen molar-refractivity contribution in [3.8, 4) is 0 Å². The van der Waals surface area contributed by atoms with E-state index in [0.29, 0.717) is 0 Å². The summed E-state index contributed by atoms with van der Waals surface area (Å²) < 4.78 is 2.64. The Balaban J connectivity index is 2.96. The van der Waals surface area contributed by atoms with Crippen molar-refractivity contribution in [3.05, 3.63) is 32.9 Å². The lowest BCUT2D eigenvalue weighted by Gasteiger charge is -2.03. The second-order valence-corrected chi connectivity index (χ2v) is 4.64. The zero-order chi connectivity index (χ0) is 8.27. The lowest BCUT2D eigenvalue weighted by Crippen LogP contribution is -1.91. The average molecular weight is 372 g/mol. The molecular formula is C9H10I2. The van der Waals surface area contributed by atoms with Gasteiger partial charge in [-0.15, -0.1) is 0 Å². The van der Waals surface area contributed by atoms with E-state index < -0.39 is 0 Å². The fraction of sp³-hybridized carbons (Fsp3) is 0.333. The molecule has 1 aromatic rings. The predicted molar refractivity (Wildman–Crippen MR) is 66.5 cm³/mol. The third-order valence-corrected chi connectivity index (χ3v) is 3.72. The number of rotatable bonds is 2. The minimum atomic E-state index is 1.19. The number of halogens is 2. The molecule has 0 aromatic heterocycles. The van der Waals surface area contributed by atoms with Crippen molar-refractivity contribution in [1.82, 2.24) is 0 Å². The lowest BCUT2D eigenvalue weighted by atomic mass is 10.1. The first kappa shape index (κ1) is 9.77. The van der Waals surface area contributed by atoms with Crippen molar-refractivity contribution >= 4 is 45.2 Å². The number of benzene rings is 1. The van der Waals surface area contributed by atoms with Crippen LogP contribution in [0.2, 0.25) is 0 Å². The summed E-state index contributed by atoms with van der Waals surface area (Å²) in [5.41, 5.74) is 2.88. The molecule has 0 saturated carbocycles. The Morgan fingerprint density at radius 3 is 2.73 bits per heavy atom. The number of hydrogen-bond acceptors (Lipinski definition) is 0. The van der Waals surface area contributed by atoms with Crippen LogP contribution in [-0.4, -0.2) is 4.43 Å². The van der Waals surface area contributed by atoms with Gasteiger partial charge in [0.1, 0.15) is 0 Å². The van der Waals surface area contributed by atoms with Gasteiger partial charge in [0.25, 0.3) is 0 Å². The van der Waals surface area contributed by atoms with Crippen molar-refractivity contribution in [3.63, 3.8) is 0 Å². The highest BCUT2D eigenvalue weighted by Crippen LogP contribution is 2.17. The molecule has 1 aromatic carbocycles. The Morgan fingerprint density at radius 1 is 1.36 bits per heavy atom. The molecule has 0 fully saturated rings. The van der Waals surface area contributed by atoms with Gasteiger partial charge in [-0.2, -0.15) is 0 Å². The zero-order valence-corrected chi connectivity index (χ0v) is 10.7. The molecule has 0 nitrogen and oxygen atoms in total. The second-order valence-electron chi connectivity index (χ2n) is 2.49. The van der Waals surface area contributed by atoms with Gasteiger partial charge in [0.05, 0.1) is 0 Å². The fourth-order valence-corrected chi connectivity index (χ4v) is 2.21. The van der Waals surface area contributed by atoms with Crippen LogP contribution in [0.4, 0.5) is 0 Å². The van der Waals surface area contributed by atoms with Gasteiger partial charge in [-0.1, -0.05) is 40.8 Å². The Morgan fingerprint density at radius 2 is 2.09 bits per heavy atom. The third kappa shape index (κ3) is 2.57. The summed E-state index contributed by atoms with van der Waals surface area (Å²) in [7, 11) is 0. The van der Waals surface area contributed by atoms with Gasteiger partial charge in [0.2, 0.25) is 0 Å². The Kier molecular flexibility index (Phi) is 4.12. The van der Waals surface area contributed by atoms with Crippen molar-refractivity contribution in [1.29, 1.82) is 0 Å². The molecule has 0 amide bonds. The first-order chi connectivity index (χ1) is 5.25. The van der Waals surface area contributed by atoms with Gasteiger partial charge in [-0.3, -0.25) is 0 Å². The topological polar surface area (TPSA) is 0 Å². The van der Waals surface area contributed by atoms with E-state index in [1.165, 1.54) is 25.5 Å². The highest BCUT2D eigenvalue weighted by atomic mass is 127. The number of alkyl halides is 1. The van der Waals surface area contributed by atoms with E-state index in [9.17, 15) is 0 Å². The Bertz CT molecular complexity index is 243. The van der Waals surface area contributed by atoms with Crippen LogP contribution >= 0.6 is 45.2 Å². The first-order valence-electron chi connectivity index (χ1n) is 3.55. The van der Waals surface area contributed by atoms with Crippen LogP contribution in [0.15, 0.2) is 18.2 Å². The van der Waals surface area contributed by atoms with E-state index in [1.807, 2.05) is 0 Å². The maximum atomic E-state index is 2.42. The highest BCUT2D eigenvalue weighted by Gasteiger charge is 1.99. The number of hydrogen-bond donors (Lipinski definition) is 0. The quantitative estimate of drug-likeness (QED) is 0.550. The monoisotopic (exact) mass is 372 g/mol. The fourth-order valence-electron chi connectivity index (χ4n) is 1.00. The van der Waals surface area contributed by atoms with Crippen LogP contribution in [-0.2, 0) is 6.42 Å². The number of aryl methyl sites for hydroxylation is 2. The molecule has 0 aliphatic rings. The molecule has 0 atom stereocenters. The van der Waals surface area contributed by atoms with E-state index in [0.717, 1.165) is 0 Å². The Labute approximate surface area is 95.0 Å². The molecule has 1 rings (SSSR count). The van der Waals surface area contributed by atoms with Crippen LogP contribution in [0, 0.1) is 10.5 Å². The smallest absolute Gasteiger partial charge is 0.0191 e. The molecule has 2 heteroatoms. The van der Waals surface area contributed by atoms with Gasteiger partial charge in [-0.25, -0.2) is 0 Å². The van der Waals surface area contributed by atoms with Crippen LogP contribution in [0.3, 0.4) is 0 Å². The minimum Gasteiger partial charge on any atom is -0.0860 e. The maximum absolute atomic E-state index is 2.42. The average Bonchev–Trinajstić information content (AvgIpc) is 1.99. The van der Waals surface area contributed by atoms with Crippen LogP contribution in [0.5, 0.6) is 0 Å². The van der Waals surface area contributed by atoms with Gasteiger partial charge in [0, 0.05) is 8.00 Å². The van der Waals surface area contributed by atoms with E-state index in [-0.39, 0.29) is 0 Å². The van der Waals surface area contributed by atoms with Gasteiger partial charge in [-0.05, 0) is 47.1 Å². The third-order valence-electron chi connectivity index (χ3n) is 1.64. The maximum Gasteiger partial charge on any atom is 0.0191 e. The van der Waals surface area contributed by atoms with Gasteiger partial charge in [0.15, 0.2) is 0 Å². The minimum absolute atomic E-state index is 1.19. The summed E-state index contributed by atoms with van der Waals surface area (Å²) in [6, 6.07) is 6.52. The molecule has 0 aliphatic heterocycles. The van der Waals surface area contributed by atoms with Crippen molar-refractivity contribution in [2.24, 2.45) is 0 Å². The summed E-state index contributed by atoms with van der Waals surface area (Å²) in [5.74, 6) is 0. The van der Waals surface area contributed by atoms with Gasteiger partial charge >= 0.3 is 0 Å². The summed E-state index contributed by atoms with van der Waals surface area (Å²) in [6.07, 6.45) is 1.19. The molecule has 0 N–H and O–H groups in total. The van der Waals surface area contributed by atoms with E-state index in [1.54, 1.807) is 0 Å². The molecule has 11 heavy (non-hydrogen) atoms. The summed E-state index contributed by atoms with van der Waals surface area (Å²) in [6.45, 7) is 2.17.